The number of rotatable bonds is 7. The van der Waals surface area contributed by atoms with Crippen LogP contribution in [0.15, 0.2) is 131 Å². The van der Waals surface area contributed by atoms with Gasteiger partial charge in [-0.05, 0) is 64.4 Å². The summed E-state index contributed by atoms with van der Waals surface area (Å²) in [5.41, 5.74) is 2.07. The lowest BCUT2D eigenvalue weighted by Crippen LogP contribution is -2.33. The summed E-state index contributed by atoms with van der Waals surface area (Å²) in [4.78, 5) is 49.7. The number of hydrogen-bond acceptors (Lipinski definition) is 8. The molecule has 3 aromatic heterocycles. The maximum absolute atomic E-state index is 12.8. The molecule has 0 aliphatic rings. The van der Waals surface area contributed by atoms with Crippen molar-refractivity contribution >= 4 is 50.1 Å². The van der Waals surface area contributed by atoms with Crippen molar-refractivity contribution in [2.24, 2.45) is 0 Å². The molecular weight excluding hydrogens is 606 g/mol. The topological polar surface area (TPSA) is 147 Å². The van der Waals surface area contributed by atoms with E-state index in [2.05, 4.69) is 25.6 Å². The first-order valence-electron chi connectivity index (χ1n) is 15.4. The largest absolute Gasteiger partial charge is 0.402 e. The number of pyridine rings is 2. The zero-order valence-electron chi connectivity index (χ0n) is 26.0. The molecule has 238 valence electrons. The normalized spacial score (nSPS) is 11.5. The smallest absolute Gasteiger partial charge is 0.365 e. The molecule has 10 nitrogen and oxygen atoms in total. The second-order valence-corrected chi connectivity index (χ2v) is 10.9. The molecule has 7 aromatic rings. The van der Waals surface area contributed by atoms with Crippen molar-refractivity contribution in [1.29, 1.82) is 0 Å². The van der Waals surface area contributed by atoms with Crippen LogP contribution in [0.25, 0.3) is 44.0 Å². The molecule has 1 atom stereocenters. The minimum Gasteiger partial charge on any atom is -0.402 e. The first-order chi connectivity index (χ1) is 23.4. The van der Waals surface area contributed by atoms with Gasteiger partial charge in [-0.3, -0.25) is 9.59 Å². The van der Waals surface area contributed by atoms with Crippen LogP contribution in [-0.2, 0) is 0 Å². The van der Waals surface area contributed by atoms with Gasteiger partial charge in [0.05, 0.1) is 11.8 Å². The van der Waals surface area contributed by atoms with Gasteiger partial charge >= 0.3 is 5.63 Å². The van der Waals surface area contributed by atoms with Gasteiger partial charge in [0, 0.05) is 30.1 Å². The molecule has 0 aliphatic heterocycles. The molecule has 10 heteroatoms. The number of fused-ring (bicyclic) bond motifs is 3. The molecule has 0 aliphatic carbocycles. The lowest BCUT2D eigenvalue weighted by Gasteiger charge is -2.13. The minimum atomic E-state index is -0.619. The number of aromatic nitrogens is 3. The predicted octanol–water partition coefficient (Wildman–Crippen LogP) is 6.39. The Morgan fingerprint density at radius 2 is 1.44 bits per heavy atom. The molecule has 0 saturated heterocycles. The molecular formula is C38H31N5O5. The Morgan fingerprint density at radius 1 is 0.771 bits per heavy atom. The van der Waals surface area contributed by atoms with Gasteiger partial charge in [-0.1, -0.05) is 79.7 Å². The molecule has 0 spiro atoms. The third kappa shape index (κ3) is 6.93. The zero-order valence-corrected chi connectivity index (χ0v) is 26.0. The monoisotopic (exact) mass is 637 g/mol. The summed E-state index contributed by atoms with van der Waals surface area (Å²) in [6, 6.07) is 33.7. The van der Waals surface area contributed by atoms with Crippen LogP contribution >= 0.6 is 0 Å². The number of hydrogen-bond donors (Lipinski definition) is 3. The SMILES string of the molecule is CCC(O)CNC(=O)c1ncccc1NC(=O)c1cccc2ccccc12.O=c1oc(-c2cccc3ccccc23)nc2cccnc12. The van der Waals surface area contributed by atoms with Gasteiger partial charge in [-0.2, -0.15) is 0 Å². The van der Waals surface area contributed by atoms with Gasteiger partial charge in [0.25, 0.3) is 11.8 Å². The molecule has 4 aromatic carbocycles. The fourth-order valence-electron chi connectivity index (χ4n) is 5.18. The molecule has 3 heterocycles. The van der Waals surface area contributed by atoms with E-state index in [-0.39, 0.29) is 23.7 Å². The van der Waals surface area contributed by atoms with Crippen LogP contribution in [0.2, 0.25) is 0 Å². The van der Waals surface area contributed by atoms with Gasteiger partial charge in [0.15, 0.2) is 11.2 Å². The van der Waals surface area contributed by atoms with E-state index in [1.807, 2.05) is 85.8 Å². The van der Waals surface area contributed by atoms with Crippen molar-refractivity contribution in [2.45, 2.75) is 19.4 Å². The van der Waals surface area contributed by atoms with E-state index in [0.717, 1.165) is 27.1 Å². The third-order valence-electron chi connectivity index (χ3n) is 7.69. The molecule has 48 heavy (non-hydrogen) atoms. The lowest BCUT2D eigenvalue weighted by atomic mass is 10.0. The van der Waals surface area contributed by atoms with Crippen molar-refractivity contribution in [3.8, 4) is 11.5 Å². The van der Waals surface area contributed by atoms with Crippen LogP contribution in [0.4, 0.5) is 5.69 Å². The van der Waals surface area contributed by atoms with Crippen LogP contribution in [0.1, 0.15) is 34.2 Å². The van der Waals surface area contributed by atoms with Gasteiger partial charge < -0.3 is 20.2 Å². The number of nitrogens with one attached hydrogen (secondary N) is 2. The zero-order chi connectivity index (χ0) is 33.5. The maximum atomic E-state index is 12.8. The van der Waals surface area contributed by atoms with E-state index in [1.165, 1.54) is 6.20 Å². The van der Waals surface area contributed by atoms with Crippen LogP contribution in [0, 0.1) is 0 Å². The van der Waals surface area contributed by atoms with E-state index < -0.39 is 17.6 Å². The molecule has 2 amide bonds. The summed E-state index contributed by atoms with van der Waals surface area (Å²) >= 11 is 0. The quantitative estimate of drug-likeness (QED) is 0.182. The minimum absolute atomic E-state index is 0.106. The van der Waals surface area contributed by atoms with Gasteiger partial charge in [-0.25, -0.2) is 19.7 Å². The fourth-order valence-corrected chi connectivity index (χ4v) is 5.18. The average molecular weight is 638 g/mol. The van der Waals surface area contributed by atoms with E-state index in [0.29, 0.717) is 29.1 Å². The number of nitrogens with zero attached hydrogens (tertiary/aromatic N) is 3. The fraction of sp³-hybridized carbons (Fsp3) is 0.105. The van der Waals surface area contributed by atoms with E-state index in [9.17, 15) is 19.5 Å². The summed E-state index contributed by atoms with van der Waals surface area (Å²) in [7, 11) is 0. The van der Waals surface area contributed by atoms with Crippen molar-refractivity contribution in [3.05, 3.63) is 143 Å². The number of benzene rings is 4. The standard InChI is InChI=1S/C21H21N3O3.C17H10N2O2/c1-2-15(25)13-23-21(27)19-18(11-6-12-22-19)24-20(26)17-10-5-8-14-7-3-4-9-16(14)17;20-17-15-14(9-4-10-18-15)19-16(21-17)13-8-3-6-11-5-1-2-7-12(11)13/h3-12,15,25H,2,13H2,1H3,(H,23,27)(H,24,26);1-10H. The first-order valence-corrected chi connectivity index (χ1v) is 15.4. The predicted molar refractivity (Wildman–Crippen MR) is 186 cm³/mol. The summed E-state index contributed by atoms with van der Waals surface area (Å²) in [6.07, 6.45) is 2.95. The first kappa shape index (κ1) is 31.7. The Balaban J connectivity index is 0.000000172. The van der Waals surface area contributed by atoms with Gasteiger partial charge in [0.2, 0.25) is 5.89 Å². The Kier molecular flexibility index (Phi) is 9.54. The van der Waals surface area contributed by atoms with Crippen LogP contribution in [-0.4, -0.2) is 44.5 Å². The van der Waals surface area contributed by atoms with Crippen molar-refractivity contribution in [3.63, 3.8) is 0 Å². The van der Waals surface area contributed by atoms with Crippen LogP contribution in [0.3, 0.4) is 0 Å². The van der Waals surface area contributed by atoms with E-state index in [1.54, 1.807) is 36.5 Å². The summed E-state index contributed by atoms with van der Waals surface area (Å²) in [6.45, 7) is 1.95. The summed E-state index contributed by atoms with van der Waals surface area (Å²) < 4.78 is 5.36. The molecule has 0 bridgehead atoms. The Bertz CT molecular complexity index is 2310. The maximum Gasteiger partial charge on any atom is 0.365 e. The van der Waals surface area contributed by atoms with Crippen molar-refractivity contribution in [2.75, 3.05) is 11.9 Å². The molecule has 0 radical (unpaired) electrons. The number of aliphatic hydroxyl groups excluding tert-OH is 1. The highest BCUT2D eigenvalue weighted by atomic mass is 16.4. The molecule has 0 fully saturated rings. The third-order valence-corrected chi connectivity index (χ3v) is 7.69. The number of carbonyl (C=O) groups is 2. The lowest BCUT2D eigenvalue weighted by molar-refractivity contribution is 0.0910. The van der Waals surface area contributed by atoms with Crippen LogP contribution < -0.4 is 16.3 Å². The highest BCUT2D eigenvalue weighted by molar-refractivity contribution is 6.14. The van der Waals surface area contributed by atoms with Crippen LogP contribution in [0.5, 0.6) is 0 Å². The second-order valence-electron chi connectivity index (χ2n) is 10.9. The Labute approximate surface area is 275 Å². The molecule has 1 unspecified atom stereocenters. The number of carbonyl (C=O) groups excluding carboxylic acids is 2. The highest BCUT2D eigenvalue weighted by Gasteiger charge is 2.17. The Morgan fingerprint density at radius 3 is 2.23 bits per heavy atom. The average Bonchev–Trinajstić information content (AvgIpc) is 3.13. The molecule has 0 saturated carbocycles. The molecule has 3 N–H and O–H groups in total. The van der Waals surface area contributed by atoms with Gasteiger partial charge in [-0.15, -0.1) is 0 Å². The summed E-state index contributed by atoms with van der Waals surface area (Å²) in [5.74, 6) is -0.448. The van der Waals surface area contributed by atoms with E-state index >= 15 is 0 Å². The number of anilines is 1. The summed E-state index contributed by atoms with van der Waals surface area (Å²) in [5, 5.41) is 18.9. The van der Waals surface area contributed by atoms with E-state index in [4.69, 9.17) is 4.42 Å². The highest BCUT2D eigenvalue weighted by Crippen LogP contribution is 2.27. The number of amides is 2. The van der Waals surface area contributed by atoms with Gasteiger partial charge in [0.1, 0.15) is 5.52 Å². The van der Waals surface area contributed by atoms with Crippen molar-refractivity contribution in [1.82, 2.24) is 20.3 Å². The second kappa shape index (κ2) is 14.4. The Hall–Kier alpha value is -6.26. The molecule has 7 rings (SSSR count). The number of aliphatic hydroxyl groups is 1. The van der Waals surface area contributed by atoms with Crippen molar-refractivity contribution < 1.29 is 19.1 Å².